The van der Waals surface area contributed by atoms with Crippen LogP contribution in [-0.2, 0) is 10.0 Å². The van der Waals surface area contributed by atoms with Crippen molar-refractivity contribution in [2.75, 3.05) is 13.1 Å². The molecular weight excluding hydrogens is 336 g/mol. The lowest BCUT2D eigenvalue weighted by Crippen LogP contribution is -2.33. The van der Waals surface area contributed by atoms with Crippen molar-refractivity contribution >= 4 is 27.5 Å². The van der Waals surface area contributed by atoms with Crippen LogP contribution in [0.3, 0.4) is 0 Å². The fourth-order valence-electron chi connectivity index (χ4n) is 2.24. The first-order valence-corrected chi connectivity index (χ1v) is 9.70. The van der Waals surface area contributed by atoms with Crippen molar-refractivity contribution in [3.05, 3.63) is 28.8 Å². The first-order chi connectivity index (χ1) is 10.7. The van der Waals surface area contributed by atoms with Crippen LogP contribution >= 0.6 is 11.6 Å². The molecule has 23 heavy (non-hydrogen) atoms. The summed E-state index contributed by atoms with van der Waals surface area (Å²) in [7, 11) is -3.66. The van der Waals surface area contributed by atoms with Gasteiger partial charge in [0.2, 0.25) is 10.0 Å². The second-order valence-corrected chi connectivity index (χ2v) is 7.83. The number of carbonyl (C=O) groups excluding carboxylic acids is 1. The maximum absolute atomic E-state index is 12.7. The molecular formula is C16H25ClN2O3S. The molecule has 0 bridgehead atoms. The summed E-state index contributed by atoms with van der Waals surface area (Å²) in [6.45, 7) is 8.69. The minimum Gasteiger partial charge on any atom is -0.339 e. The van der Waals surface area contributed by atoms with E-state index in [1.807, 2.05) is 13.8 Å². The van der Waals surface area contributed by atoms with Crippen molar-refractivity contribution < 1.29 is 13.2 Å². The van der Waals surface area contributed by atoms with Crippen molar-refractivity contribution in [1.29, 1.82) is 0 Å². The van der Waals surface area contributed by atoms with E-state index < -0.39 is 10.0 Å². The molecule has 0 spiro atoms. The van der Waals surface area contributed by atoms with Crippen molar-refractivity contribution in [2.45, 2.75) is 51.5 Å². The van der Waals surface area contributed by atoms with Crippen LogP contribution in [0.5, 0.6) is 0 Å². The summed E-state index contributed by atoms with van der Waals surface area (Å²) in [5.74, 6) is -0.236. The number of carbonyl (C=O) groups is 1. The Morgan fingerprint density at radius 3 is 2.26 bits per heavy atom. The molecule has 0 heterocycles. The highest BCUT2D eigenvalue weighted by Crippen LogP contribution is 2.22. The Labute approximate surface area is 144 Å². The molecule has 0 aliphatic rings. The Morgan fingerprint density at radius 2 is 1.78 bits per heavy atom. The Kier molecular flexibility index (Phi) is 7.51. The monoisotopic (exact) mass is 360 g/mol. The van der Waals surface area contributed by atoms with E-state index in [2.05, 4.69) is 4.72 Å². The fraction of sp³-hybridized carbons (Fsp3) is 0.562. The molecule has 7 heteroatoms. The lowest BCUT2D eigenvalue weighted by atomic mass is 10.2. The van der Waals surface area contributed by atoms with E-state index >= 15 is 0 Å². The summed E-state index contributed by atoms with van der Waals surface area (Å²) < 4.78 is 27.0. The molecule has 0 aliphatic heterocycles. The first kappa shape index (κ1) is 19.9. The lowest BCUT2D eigenvalue weighted by Gasteiger charge is -2.22. The molecule has 5 nitrogen and oxygen atoms in total. The molecule has 0 aliphatic carbocycles. The third kappa shape index (κ3) is 5.48. The molecule has 0 saturated heterocycles. The molecule has 1 rings (SSSR count). The summed E-state index contributed by atoms with van der Waals surface area (Å²) in [4.78, 5) is 14.4. The molecule has 0 aromatic heterocycles. The third-order valence-electron chi connectivity index (χ3n) is 3.14. The highest BCUT2D eigenvalue weighted by molar-refractivity contribution is 7.89. The Morgan fingerprint density at radius 1 is 1.22 bits per heavy atom. The second-order valence-electron chi connectivity index (χ2n) is 5.71. The number of nitrogens with one attached hydrogen (secondary N) is 1. The third-order valence-corrected chi connectivity index (χ3v) is 5.13. The normalized spacial score (nSPS) is 11.7. The highest BCUT2D eigenvalue weighted by atomic mass is 35.5. The van der Waals surface area contributed by atoms with Crippen LogP contribution in [0.25, 0.3) is 0 Å². The smallest absolute Gasteiger partial charge is 0.255 e. The predicted molar refractivity (Wildman–Crippen MR) is 93.4 cm³/mol. The van der Waals surface area contributed by atoms with Gasteiger partial charge in [0.1, 0.15) is 0 Å². The zero-order chi connectivity index (χ0) is 17.6. The number of rotatable bonds is 8. The van der Waals surface area contributed by atoms with Crippen LogP contribution in [0.4, 0.5) is 0 Å². The minimum absolute atomic E-state index is 0.0481. The van der Waals surface area contributed by atoms with E-state index in [9.17, 15) is 13.2 Å². The first-order valence-electron chi connectivity index (χ1n) is 7.84. The lowest BCUT2D eigenvalue weighted by molar-refractivity contribution is 0.0755. The minimum atomic E-state index is -3.66. The van der Waals surface area contributed by atoms with Crippen LogP contribution in [0.1, 0.15) is 50.9 Å². The molecule has 1 aromatic rings. The zero-order valence-corrected chi connectivity index (χ0v) is 15.7. The number of benzene rings is 1. The number of hydrogen-bond acceptors (Lipinski definition) is 3. The van der Waals surface area contributed by atoms with Crippen molar-refractivity contribution in [3.63, 3.8) is 0 Å². The maximum Gasteiger partial charge on any atom is 0.255 e. The van der Waals surface area contributed by atoms with Crippen molar-refractivity contribution in [2.24, 2.45) is 0 Å². The summed E-state index contributed by atoms with van der Waals surface area (Å²) in [5.41, 5.74) is 0.222. The van der Waals surface area contributed by atoms with Gasteiger partial charge in [0.15, 0.2) is 0 Å². The molecule has 130 valence electrons. The maximum atomic E-state index is 12.7. The summed E-state index contributed by atoms with van der Waals surface area (Å²) >= 11 is 6.13. The standard InChI is InChI=1S/C16H25ClN2O3S/c1-5-9-19(10-6-2)16(20)14-11-13(7-8-15(14)17)23(21,22)18-12(3)4/h7-8,11-12,18H,5-6,9-10H2,1-4H3. The van der Waals surface area contributed by atoms with Crippen molar-refractivity contribution in [3.8, 4) is 0 Å². The van der Waals surface area contributed by atoms with E-state index in [4.69, 9.17) is 11.6 Å². The number of sulfonamides is 1. The summed E-state index contributed by atoms with van der Waals surface area (Å²) in [6.07, 6.45) is 1.66. The number of amides is 1. The predicted octanol–water partition coefficient (Wildman–Crippen LogP) is 3.29. The van der Waals surface area contributed by atoms with Gasteiger partial charge in [-0.15, -0.1) is 0 Å². The molecule has 0 saturated carbocycles. The largest absolute Gasteiger partial charge is 0.339 e. The summed E-state index contributed by atoms with van der Waals surface area (Å²) in [5, 5.41) is 0.260. The number of hydrogen-bond donors (Lipinski definition) is 1. The molecule has 0 fully saturated rings. The van der Waals surface area contributed by atoms with Gasteiger partial charge in [-0.1, -0.05) is 25.4 Å². The van der Waals surface area contributed by atoms with Gasteiger partial charge in [-0.05, 0) is 44.9 Å². The van der Waals surface area contributed by atoms with Crippen LogP contribution < -0.4 is 4.72 Å². The van der Waals surface area contributed by atoms with Crippen LogP contribution in [0.15, 0.2) is 23.1 Å². The van der Waals surface area contributed by atoms with E-state index in [-0.39, 0.29) is 27.4 Å². The summed E-state index contributed by atoms with van der Waals surface area (Å²) in [6, 6.07) is 3.99. The quantitative estimate of drug-likeness (QED) is 0.773. The number of nitrogens with zero attached hydrogens (tertiary/aromatic N) is 1. The van der Waals surface area contributed by atoms with Crippen molar-refractivity contribution in [1.82, 2.24) is 9.62 Å². The molecule has 0 atom stereocenters. The Hall–Kier alpha value is -1.11. The van der Waals surface area contributed by atoms with Gasteiger partial charge in [0.05, 0.1) is 15.5 Å². The van der Waals surface area contributed by atoms with Gasteiger partial charge in [0.25, 0.3) is 5.91 Å². The molecule has 1 N–H and O–H groups in total. The van der Waals surface area contributed by atoms with Gasteiger partial charge in [-0.3, -0.25) is 4.79 Å². The molecule has 0 radical (unpaired) electrons. The molecule has 0 unspecified atom stereocenters. The topological polar surface area (TPSA) is 66.5 Å². The van der Waals surface area contributed by atoms with E-state index in [0.717, 1.165) is 12.8 Å². The average Bonchev–Trinajstić information content (AvgIpc) is 2.45. The van der Waals surface area contributed by atoms with Gasteiger partial charge in [-0.2, -0.15) is 0 Å². The highest BCUT2D eigenvalue weighted by Gasteiger charge is 2.22. The van der Waals surface area contributed by atoms with Gasteiger partial charge in [-0.25, -0.2) is 13.1 Å². The van der Waals surface area contributed by atoms with Crippen LogP contribution in [0.2, 0.25) is 5.02 Å². The zero-order valence-electron chi connectivity index (χ0n) is 14.1. The number of halogens is 1. The second kappa shape index (κ2) is 8.66. The van der Waals surface area contributed by atoms with E-state index in [1.165, 1.54) is 18.2 Å². The van der Waals surface area contributed by atoms with E-state index in [0.29, 0.717) is 13.1 Å². The molecule has 1 amide bonds. The van der Waals surface area contributed by atoms with Gasteiger partial charge >= 0.3 is 0 Å². The fourth-order valence-corrected chi connectivity index (χ4v) is 3.71. The Balaban J connectivity index is 3.22. The van der Waals surface area contributed by atoms with Gasteiger partial charge in [0, 0.05) is 19.1 Å². The SMILES string of the molecule is CCCN(CCC)C(=O)c1cc(S(=O)(=O)NC(C)C)ccc1Cl. The van der Waals surface area contributed by atoms with E-state index in [1.54, 1.807) is 18.7 Å². The van der Waals surface area contributed by atoms with Crippen LogP contribution in [-0.4, -0.2) is 38.4 Å². The molecule has 1 aromatic carbocycles. The average molecular weight is 361 g/mol. The Bertz CT molecular complexity index is 639. The van der Waals surface area contributed by atoms with Crippen LogP contribution in [0, 0.1) is 0 Å². The van der Waals surface area contributed by atoms with Gasteiger partial charge < -0.3 is 4.90 Å².